The van der Waals surface area contributed by atoms with E-state index < -0.39 is 39.0 Å². The molecule has 1 aromatic heterocycles. The monoisotopic (exact) mass is 296 g/mol. The van der Waals surface area contributed by atoms with Crippen molar-refractivity contribution in [3.05, 3.63) is 12.5 Å². The van der Waals surface area contributed by atoms with Gasteiger partial charge in [0.05, 0.1) is 19.1 Å². The summed E-state index contributed by atoms with van der Waals surface area (Å²) in [6.07, 6.45) is -2.12. The van der Waals surface area contributed by atoms with Crippen molar-refractivity contribution in [1.82, 2.24) is 9.55 Å². The number of hydrogen-bond acceptors (Lipinski definition) is 7. The molecule has 108 valence electrons. The van der Waals surface area contributed by atoms with Crippen molar-refractivity contribution in [2.45, 2.75) is 24.5 Å². The SMILES string of the molecule is Nc1cncn1[C@@H]1O[C@H]([13CH2]OP(=O)(O)O)[C@@H](O)[C@H]1O. The Bertz CT molecular complexity index is 488. The molecule has 1 aliphatic heterocycles. The molecule has 4 atom stereocenters. The molecular weight excluding hydrogens is 282 g/mol. The minimum absolute atomic E-state index is 0.216. The van der Waals surface area contributed by atoms with Gasteiger partial charge >= 0.3 is 7.82 Å². The molecule has 1 saturated heterocycles. The summed E-state index contributed by atoms with van der Waals surface area (Å²) in [5.41, 5.74) is 5.59. The number of aliphatic hydroxyl groups is 2. The standard InChI is InChI=1S/C8H14N3O7P/c9-5-1-10-3-11(5)8-7(13)6(12)4(18-8)2-17-19(14,15)16/h1,3-4,6-8,12-13H,2,9H2,(H2,14,15,16)/t4-,6-,7-,8-/m1/s1/i2+1. The summed E-state index contributed by atoms with van der Waals surface area (Å²) in [7, 11) is -4.67. The summed E-state index contributed by atoms with van der Waals surface area (Å²) < 4.78 is 21.4. The van der Waals surface area contributed by atoms with Crippen molar-refractivity contribution < 1.29 is 33.8 Å². The van der Waals surface area contributed by atoms with Gasteiger partial charge in [-0.25, -0.2) is 9.55 Å². The van der Waals surface area contributed by atoms with Crippen LogP contribution in [0.1, 0.15) is 6.23 Å². The van der Waals surface area contributed by atoms with Crippen LogP contribution in [0.25, 0.3) is 0 Å². The van der Waals surface area contributed by atoms with E-state index in [0.29, 0.717) is 0 Å². The van der Waals surface area contributed by atoms with Gasteiger partial charge < -0.3 is 30.5 Å². The van der Waals surface area contributed by atoms with E-state index in [1.807, 2.05) is 0 Å². The molecule has 0 amide bonds. The summed E-state index contributed by atoms with van der Waals surface area (Å²) in [6.45, 7) is -0.562. The number of imidazole rings is 1. The molecule has 19 heavy (non-hydrogen) atoms. The summed E-state index contributed by atoms with van der Waals surface area (Å²) >= 11 is 0. The normalized spacial score (nSPS) is 31.8. The van der Waals surface area contributed by atoms with Crippen molar-refractivity contribution in [1.29, 1.82) is 0 Å². The topological polar surface area (TPSA) is 160 Å². The molecule has 10 nitrogen and oxygen atoms in total. The molecule has 0 bridgehead atoms. The Balaban J connectivity index is 2.07. The van der Waals surface area contributed by atoms with Crippen LogP contribution in [0.4, 0.5) is 5.82 Å². The van der Waals surface area contributed by atoms with Crippen LogP contribution in [0.15, 0.2) is 12.5 Å². The van der Waals surface area contributed by atoms with Crippen LogP contribution in [0.3, 0.4) is 0 Å². The molecule has 1 fully saturated rings. The summed E-state index contributed by atoms with van der Waals surface area (Å²) in [5, 5.41) is 19.6. The number of hydrogen-bond donors (Lipinski definition) is 5. The van der Waals surface area contributed by atoms with E-state index in [2.05, 4.69) is 9.51 Å². The number of aromatic nitrogens is 2. The van der Waals surface area contributed by atoms with Gasteiger partial charge in [0.15, 0.2) is 6.23 Å². The predicted octanol–water partition coefficient (Wildman–Crippen LogP) is -1.81. The number of nitrogens with two attached hydrogens (primary N) is 1. The van der Waals surface area contributed by atoms with Crippen molar-refractivity contribution in [2.24, 2.45) is 0 Å². The zero-order valence-corrected chi connectivity index (χ0v) is 10.5. The molecule has 1 aromatic rings. The fraction of sp³-hybridized carbons (Fsp3) is 0.625. The van der Waals surface area contributed by atoms with Gasteiger partial charge in [0.2, 0.25) is 0 Å². The Morgan fingerprint density at radius 1 is 1.47 bits per heavy atom. The van der Waals surface area contributed by atoms with Gasteiger partial charge in [-0.2, -0.15) is 0 Å². The molecule has 0 radical (unpaired) electrons. The number of ether oxygens (including phenoxy) is 1. The molecular formula is C8H14N3O7P. The van der Waals surface area contributed by atoms with Crippen LogP contribution in [-0.4, -0.2) is 54.5 Å². The van der Waals surface area contributed by atoms with Crippen molar-refractivity contribution >= 4 is 13.6 Å². The van der Waals surface area contributed by atoms with Gasteiger partial charge in [-0.15, -0.1) is 0 Å². The second-order valence-corrected chi connectivity index (χ2v) is 5.30. The maximum Gasteiger partial charge on any atom is 0.469 e. The number of anilines is 1. The lowest BCUT2D eigenvalue weighted by Gasteiger charge is -2.17. The Kier molecular flexibility index (Phi) is 3.92. The number of nitrogen functional groups attached to an aromatic ring is 1. The van der Waals surface area contributed by atoms with E-state index in [0.717, 1.165) is 0 Å². The van der Waals surface area contributed by atoms with E-state index in [4.69, 9.17) is 20.3 Å². The molecule has 6 N–H and O–H groups in total. The molecule has 0 saturated carbocycles. The minimum atomic E-state index is -4.67. The first-order valence-electron chi connectivity index (χ1n) is 5.28. The highest BCUT2D eigenvalue weighted by Crippen LogP contribution is 2.38. The van der Waals surface area contributed by atoms with Crippen LogP contribution in [-0.2, 0) is 13.8 Å². The first-order chi connectivity index (χ1) is 8.79. The fourth-order valence-electron chi connectivity index (χ4n) is 1.79. The Hall–Kier alpha value is -1.00. The highest BCUT2D eigenvalue weighted by molar-refractivity contribution is 7.46. The quantitative estimate of drug-likeness (QED) is 0.318. The third-order valence-corrected chi connectivity index (χ3v) is 3.20. The van der Waals surface area contributed by atoms with Crippen molar-refractivity contribution in [3.8, 4) is 0 Å². The molecule has 0 aliphatic carbocycles. The number of rotatable bonds is 4. The highest BCUT2D eigenvalue weighted by Gasteiger charge is 2.44. The molecule has 11 heteroatoms. The second-order valence-electron chi connectivity index (χ2n) is 4.06. The summed E-state index contributed by atoms with van der Waals surface area (Å²) in [4.78, 5) is 20.9. The van der Waals surface area contributed by atoms with Crippen LogP contribution in [0, 0.1) is 0 Å². The Morgan fingerprint density at radius 2 is 2.16 bits per heavy atom. The van der Waals surface area contributed by atoms with E-state index in [1.54, 1.807) is 0 Å². The molecule has 2 rings (SSSR count). The third kappa shape index (κ3) is 3.12. The zero-order chi connectivity index (χ0) is 14.2. The highest BCUT2D eigenvalue weighted by atomic mass is 31.2. The van der Waals surface area contributed by atoms with Crippen LogP contribution >= 0.6 is 7.82 Å². The fourth-order valence-corrected chi connectivity index (χ4v) is 2.14. The maximum absolute atomic E-state index is 10.6. The smallest absolute Gasteiger partial charge is 0.387 e. The number of aliphatic hydroxyl groups excluding tert-OH is 2. The first-order valence-corrected chi connectivity index (χ1v) is 6.81. The van der Waals surface area contributed by atoms with Gasteiger partial charge in [0, 0.05) is 0 Å². The zero-order valence-electron chi connectivity index (χ0n) is 9.60. The lowest BCUT2D eigenvalue weighted by atomic mass is 10.2. The summed E-state index contributed by atoms with van der Waals surface area (Å²) in [6, 6.07) is 0. The number of phosphoric acid groups is 1. The predicted molar refractivity (Wildman–Crippen MR) is 60.6 cm³/mol. The largest absolute Gasteiger partial charge is 0.469 e. The number of nitrogens with zero attached hydrogens (tertiary/aromatic N) is 2. The van der Waals surface area contributed by atoms with Gasteiger partial charge in [-0.3, -0.25) is 9.09 Å². The van der Waals surface area contributed by atoms with Gasteiger partial charge in [0.1, 0.15) is 24.1 Å². The van der Waals surface area contributed by atoms with Crippen LogP contribution < -0.4 is 5.73 Å². The van der Waals surface area contributed by atoms with E-state index in [1.165, 1.54) is 17.1 Å². The first kappa shape index (κ1) is 14.4. The molecule has 2 heterocycles. The van der Waals surface area contributed by atoms with Crippen LogP contribution in [0.5, 0.6) is 0 Å². The average Bonchev–Trinajstić information content (AvgIpc) is 2.83. The van der Waals surface area contributed by atoms with Gasteiger partial charge in [-0.1, -0.05) is 0 Å². The van der Waals surface area contributed by atoms with E-state index in [9.17, 15) is 14.8 Å². The van der Waals surface area contributed by atoms with Crippen molar-refractivity contribution in [2.75, 3.05) is 12.3 Å². The van der Waals surface area contributed by atoms with E-state index >= 15 is 0 Å². The summed E-state index contributed by atoms with van der Waals surface area (Å²) in [5.74, 6) is 0.216. The van der Waals surface area contributed by atoms with E-state index in [-0.39, 0.29) is 5.82 Å². The van der Waals surface area contributed by atoms with Crippen LogP contribution in [0.2, 0.25) is 0 Å². The Labute approximate surface area is 107 Å². The van der Waals surface area contributed by atoms with Gasteiger partial charge in [-0.05, 0) is 0 Å². The maximum atomic E-state index is 10.6. The molecule has 0 spiro atoms. The average molecular weight is 296 g/mol. The number of phosphoric ester groups is 1. The lowest BCUT2D eigenvalue weighted by molar-refractivity contribution is -0.0510. The molecule has 1 aliphatic rings. The molecule has 0 aromatic carbocycles. The van der Waals surface area contributed by atoms with Gasteiger partial charge in [0.25, 0.3) is 0 Å². The third-order valence-electron chi connectivity index (χ3n) is 2.71. The lowest BCUT2D eigenvalue weighted by Crippen LogP contribution is -2.33. The Morgan fingerprint density at radius 3 is 2.68 bits per heavy atom. The van der Waals surface area contributed by atoms with Crippen molar-refractivity contribution in [3.63, 3.8) is 0 Å². The molecule has 0 unspecified atom stereocenters. The second kappa shape index (κ2) is 5.17. The minimum Gasteiger partial charge on any atom is -0.387 e.